The van der Waals surface area contributed by atoms with E-state index in [1.54, 1.807) is 0 Å². The van der Waals surface area contributed by atoms with Gasteiger partial charge in [-0.15, -0.1) is 0 Å². The second kappa shape index (κ2) is 12.3. The highest BCUT2D eigenvalue weighted by Gasteiger charge is 2.68. The van der Waals surface area contributed by atoms with Gasteiger partial charge in [-0.05, 0) is 50.9 Å². The van der Waals surface area contributed by atoms with Crippen LogP contribution in [-0.4, -0.2) is 94.7 Å². The molecular weight excluding hydrogens is 605 g/mol. The molecule has 0 spiro atoms. The zero-order chi connectivity index (χ0) is 33.4. The van der Waals surface area contributed by atoms with Crippen molar-refractivity contribution < 1.29 is 37.3 Å². The van der Waals surface area contributed by atoms with Crippen molar-refractivity contribution in [1.29, 1.82) is 0 Å². The summed E-state index contributed by atoms with van der Waals surface area (Å²) in [7, 11) is -4.75. The molecule has 10 heteroatoms. The number of hydrogen-bond donors (Lipinski definition) is 1. The van der Waals surface area contributed by atoms with Crippen LogP contribution in [-0.2, 0) is 32.2 Å². The van der Waals surface area contributed by atoms with Crippen molar-refractivity contribution in [2.75, 3.05) is 6.61 Å². The molecule has 0 bridgehead atoms. The molecule has 0 saturated carbocycles. The zero-order valence-electron chi connectivity index (χ0n) is 30.4. The van der Waals surface area contributed by atoms with E-state index in [4.69, 9.17) is 32.2 Å². The van der Waals surface area contributed by atoms with E-state index in [0.29, 0.717) is 25.9 Å². The third-order valence-corrected chi connectivity index (χ3v) is 21.8. The van der Waals surface area contributed by atoms with Crippen LogP contribution in [0.15, 0.2) is 12.2 Å². The van der Waals surface area contributed by atoms with Gasteiger partial charge < -0.3 is 37.3 Å². The van der Waals surface area contributed by atoms with Gasteiger partial charge in [0.1, 0.15) is 23.9 Å². The summed E-state index contributed by atoms with van der Waals surface area (Å²) in [5.74, 6) is 0. The lowest BCUT2D eigenvalue weighted by Gasteiger charge is -2.64. The first-order valence-electron chi connectivity index (χ1n) is 17.8. The summed E-state index contributed by atoms with van der Waals surface area (Å²) in [5, 5.41) is 9.95. The quantitative estimate of drug-likeness (QED) is 0.226. The monoisotopic (exact) mass is 668 g/mol. The molecule has 0 aliphatic carbocycles. The second-order valence-corrected chi connectivity index (χ2v) is 26.7. The molecule has 260 valence electrons. The zero-order valence-corrected chi connectivity index (χ0v) is 32.4. The standard InChI is InChI=1S/C35H64O8Si2/c1-14-44(15-2,16-3)43-31-30-26(20-34(12)28(39-30)17-22(4)24(40-34)18-23(5)36)38-29-19-25-27(41-35(29,31)13)21-37-45(42-25,32(6,7)8)33(9,10)11/h23-31,36H,4,14-21H2,1-3,5-13H3/t23?,24-,25-,26-,27+,28-,29+,30-,31+,34+,35+/m0/s1. The van der Waals surface area contributed by atoms with Gasteiger partial charge in [-0.25, -0.2) is 0 Å². The molecule has 0 amide bonds. The van der Waals surface area contributed by atoms with Gasteiger partial charge in [0.2, 0.25) is 0 Å². The topological polar surface area (TPSA) is 84.8 Å². The number of ether oxygens (including phenoxy) is 4. The van der Waals surface area contributed by atoms with E-state index in [9.17, 15) is 5.11 Å². The molecule has 0 aromatic heterocycles. The first-order valence-corrected chi connectivity index (χ1v) is 22.1. The van der Waals surface area contributed by atoms with E-state index in [-0.39, 0.29) is 58.9 Å². The molecule has 0 aromatic carbocycles. The molecule has 5 aliphatic heterocycles. The first-order chi connectivity index (χ1) is 20.8. The van der Waals surface area contributed by atoms with Crippen molar-refractivity contribution in [3.8, 4) is 0 Å². The summed E-state index contributed by atoms with van der Waals surface area (Å²) >= 11 is 0. The normalized spacial score (nSPS) is 42.6. The van der Waals surface area contributed by atoms with Gasteiger partial charge >= 0.3 is 8.56 Å². The maximum atomic E-state index is 10.2. The summed E-state index contributed by atoms with van der Waals surface area (Å²) in [6.45, 7) is 31.4. The van der Waals surface area contributed by atoms with Crippen LogP contribution in [0.5, 0.6) is 0 Å². The van der Waals surface area contributed by atoms with Gasteiger partial charge in [0, 0.05) is 29.3 Å². The number of hydrogen-bond acceptors (Lipinski definition) is 8. The Morgan fingerprint density at radius 3 is 2.13 bits per heavy atom. The van der Waals surface area contributed by atoms with Crippen molar-refractivity contribution in [1.82, 2.24) is 0 Å². The van der Waals surface area contributed by atoms with Gasteiger partial charge in [0.05, 0.1) is 48.8 Å². The maximum absolute atomic E-state index is 10.2. The number of rotatable bonds is 7. The molecule has 1 N–H and O–H groups in total. The van der Waals surface area contributed by atoms with Crippen molar-refractivity contribution in [2.45, 2.75) is 203 Å². The van der Waals surface area contributed by atoms with Crippen LogP contribution in [0.4, 0.5) is 0 Å². The Labute approximate surface area is 275 Å². The van der Waals surface area contributed by atoms with Crippen molar-refractivity contribution >= 4 is 16.9 Å². The van der Waals surface area contributed by atoms with Gasteiger partial charge in [0.15, 0.2) is 8.32 Å². The Hall–Kier alpha value is -0.146. The average molecular weight is 669 g/mol. The third kappa shape index (κ3) is 6.14. The molecule has 45 heavy (non-hydrogen) atoms. The molecule has 5 saturated heterocycles. The molecule has 8 nitrogen and oxygen atoms in total. The molecule has 0 aromatic rings. The summed E-state index contributed by atoms with van der Waals surface area (Å²) < 4.78 is 49.6. The Kier molecular flexibility index (Phi) is 9.89. The van der Waals surface area contributed by atoms with Crippen molar-refractivity contribution in [3.05, 3.63) is 12.2 Å². The highest BCUT2D eigenvalue weighted by atomic mass is 28.4. The summed E-state index contributed by atoms with van der Waals surface area (Å²) in [4.78, 5) is 0. The summed E-state index contributed by atoms with van der Waals surface area (Å²) in [6.07, 6.45) is 0.510. The van der Waals surface area contributed by atoms with Gasteiger partial charge in [-0.1, -0.05) is 68.9 Å². The second-order valence-electron chi connectivity index (χ2n) is 17.3. The van der Waals surface area contributed by atoms with E-state index in [0.717, 1.165) is 30.1 Å². The minimum Gasteiger partial charge on any atom is -0.408 e. The number of aliphatic hydroxyl groups excluding tert-OH is 1. The van der Waals surface area contributed by atoms with E-state index in [1.165, 1.54) is 0 Å². The molecular formula is C35H64O8Si2. The summed E-state index contributed by atoms with van der Waals surface area (Å²) in [6, 6.07) is 3.13. The number of fused-ring (bicyclic) bond motifs is 4. The molecule has 1 unspecified atom stereocenters. The van der Waals surface area contributed by atoms with E-state index in [2.05, 4.69) is 82.7 Å². The third-order valence-electron chi connectivity index (χ3n) is 12.0. The van der Waals surface area contributed by atoms with E-state index < -0.39 is 34.2 Å². The van der Waals surface area contributed by atoms with Crippen LogP contribution in [0.3, 0.4) is 0 Å². The molecule has 5 fully saturated rings. The fourth-order valence-corrected chi connectivity index (χ4v) is 17.2. The molecule has 5 aliphatic rings. The Morgan fingerprint density at radius 2 is 1.58 bits per heavy atom. The SMILES string of the molecule is C=C1C[C@@H]2O[C@H]3[C@H](C[C@@]2(C)O[C@H]1CC(C)O)O[C@@H]1C[C@@H]2O[Si](C(C)(C)C)(C(C)(C)C)OC[C@H]2O[C@@]1(C)[C@@H]3O[Si](CC)(CC)CC. The lowest BCUT2D eigenvalue weighted by molar-refractivity contribution is -0.364. The highest BCUT2D eigenvalue weighted by molar-refractivity contribution is 6.74. The summed E-state index contributed by atoms with van der Waals surface area (Å²) in [5.41, 5.74) is -0.288. The van der Waals surface area contributed by atoms with Gasteiger partial charge in [-0.2, -0.15) is 0 Å². The van der Waals surface area contributed by atoms with Gasteiger partial charge in [-0.3, -0.25) is 0 Å². The maximum Gasteiger partial charge on any atom is 0.349 e. The largest absolute Gasteiger partial charge is 0.408 e. The van der Waals surface area contributed by atoms with E-state index in [1.807, 2.05) is 6.92 Å². The average Bonchev–Trinajstić information content (AvgIpc) is 2.93. The lowest BCUT2D eigenvalue weighted by atomic mass is 9.73. The minimum absolute atomic E-state index is 0.109. The van der Waals surface area contributed by atoms with Gasteiger partial charge in [0.25, 0.3) is 0 Å². The fourth-order valence-electron chi connectivity index (χ4n) is 9.28. The van der Waals surface area contributed by atoms with Crippen LogP contribution in [0.1, 0.15) is 109 Å². The smallest absolute Gasteiger partial charge is 0.349 e. The first kappa shape index (κ1) is 36.1. The highest BCUT2D eigenvalue weighted by Crippen LogP contribution is 2.57. The Morgan fingerprint density at radius 1 is 0.956 bits per heavy atom. The molecule has 11 atom stereocenters. The molecule has 0 radical (unpaired) electrons. The van der Waals surface area contributed by atoms with Crippen LogP contribution < -0.4 is 0 Å². The molecule has 5 heterocycles. The lowest BCUT2D eigenvalue weighted by Crippen LogP contribution is -2.77. The predicted molar refractivity (Wildman–Crippen MR) is 181 cm³/mol. The fraction of sp³-hybridized carbons (Fsp3) is 0.943. The van der Waals surface area contributed by atoms with Crippen LogP contribution in [0, 0.1) is 0 Å². The van der Waals surface area contributed by atoms with Crippen molar-refractivity contribution in [3.63, 3.8) is 0 Å². The minimum atomic E-state index is -2.68. The molecule has 5 rings (SSSR count). The number of aliphatic hydroxyl groups is 1. The van der Waals surface area contributed by atoms with E-state index >= 15 is 0 Å². The predicted octanol–water partition coefficient (Wildman–Crippen LogP) is 7.18. The van der Waals surface area contributed by atoms with Crippen LogP contribution in [0.2, 0.25) is 28.2 Å². The Balaban J connectivity index is 1.49. The Bertz CT molecular complexity index is 1060. The van der Waals surface area contributed by atoms with Crippen LogP contribution >= 0.6 is 0 Å². The van der Waals surface area contributed by atoms with Crippen molar-refractivity contribution in [2.24, 2.45) is 0 Å². The van der Waals surface area contributed by atoms with Crippen LogP contribution in [0.25, 0.3) is 0 Å².